The summed E-state index contributed by atoms with van der Waals surface area (Å²) >= 11 is 1.98. The van der Waals surface area contributed by atoms with Crippen LogP contribution in [0.1, 0.15) is 120 Å². The lowest BCUT2D eigenvalue weighted by Gasteiger charge is -2.50. The number of unbranched alkanes of at least 4 members (excludes halogenated alkanes) is 3. The van der Waals surface area contributed by atoms with Crippen molar-refractivity contribution >= 4 is 22.6 Å². The number of rotatable bonds is 17. The van der Waals surface area contributed by atoms with Gasteiger partial charge in [0.1, 0.15) is 0 Å². The zero-order valence-electron chi connectivity index (χ0n) is 27.6. The predicted molar refractivity (Wildman–Crippen MR) is 177 cm³/mol. The molecule has 2 saturated heterocycles. The summed E-state index contributed by atoms with van der Waals surface area (Å²) in [6, 6.07) is 1.30. The smallest absolute Gasteiger partial charge is 0.0244 e. The van der Waals surface area contributed by atoms with Crippen LogP contribution in [0, 0.1) is 0 Å². The van der Waals surface area contributed by atoms with E-state index in [9.17, 15) is 4.21 Å². The van der Waals surface area contributed by atoms with E-state index in [1.165, 1.54) is 83.2 Å². The molecule has 5 nitrogen and oxygen atoms in total. The molecule has 2 aliphatic rings. The van der Waals surface area contributed by atoms with Crippen LogP contribution in [0.4, 0.5) is 0 Å². The van der Waals surface area contributed by atoms with Gasteiger partial charge in [-0.1, -0.05) is 12.8 Å². The summed E-state index contributed by atoms with van der Waals surface area (Å²) in [5.41, 5.74) is 0.733. The highest BCUT2D eigenvalue weighted by molar-refractivity contribution is 7.98. The number of piperidine rings is 2. The molecule has 0 bridgehead atoms. The van der Waals surface area contributed by atoms with Crippen LogP contribution in [0.2, 0.25) is 0 Å². The highest BCUT2D eigenvalue weighted by atomic mass is 32.2. The van der Waals surface area contributed by atoms with Crippen LogP contribution >= 0.6 is 11.8 Å². The van der Waals surface area contributed by atoms with Gasteiger partial charge in [0.15, 0.2) is 0 Å². The van der Waals surface area contributed by atoms with E-state index in [-0.39, 0.29) is 22.2 Å². The molecule has 1 atom stereocenters. The first-order chi connectivity index (χ1) is 18.0. The average Bonchev–Trinajstić information content (AvgIpc) is 2.74. The molecule has 7 heteroatoms. The van der Waals surface area contributed by atoms with Crippen molar-refractivity contribution in [2.75, 3.05) is 50.2 Å². The summed E-state index contributed by atoms with van der Waals surface area (Å²) in [6.45, 7) is 23.7. The molecule has 0 aromatic carbocycles. The molecular formula is C32H66N4OS2. The van der Waals surface area contributed by atoms with E-state index in [0.29, 0.717) is 12.1 Å². The number of hydrogen-bond acceptors (Lipinski definition) is 6. The van der Waals surface area contributed by atoms with Crippen LogP contribution in [-0.4, -0.2) is 98.4 Å². The fraction of sp³-hybridized carbons (Fsp3) is 1.00. The molecule has 1 unspecified atom stereocenters. The summed E-state index contributed by atoms with van der Waals surface area (Å²) < 4.78 is 11.7. The molecule has 0 radical (unpaired) electrons. The van der Waals surface area contributed by atoms with E-state index in [2.05, 4.69) is 82.1 Å². The van der Waals surface area contributed by atoms with Crippen molar-refractivity contribution < 1.29 is 4.21 Å². The van der Waals surface area contributed by atoms with Crippen molar-refractivity contribution in [1.29, 1.82) is 0 Å². The molecule has 2 N–H and O–H groups in total. The maximum absolute atomic E-state index is 11.7. The molecule has 0 amide bonds. The van der Waals surface area contributed by atoms with Gasteiger partial charge in [-0.2, -0.15) is 11.8 Å². The molecule has 2 fully saturated rings. The Morgan fingerprint density at radius 2 is 1.00 bits per heavy atom. The van der Waals surface area contributed by atoms with E-state index < -0.39 is 10.8 Å². The number of hydrogen-bond donors (Lipinski definition) is 2. The first-order valence-electron chi connectivity index (χ1n) is 15.9. The molecule has 2 heterocycles. The van der Waals surface area contributed by atoms with Crippen molar-refractivity contribution in [3.05, 3.63) is 0 Å². The van der Waals surface area contributed by atoms with E-state index in [4.69, 9.17) is 0 Å². The van der Waals surface area contributed by atoms with Gasteiger partial charge in [-0.25, -0.2) is 0 Å². The van der Waals surface area contributed by atoms with Gasteiger partial charge >= 0.3 is 0 Å². The molecule has 0 aliphatic carbocycles. The minimum Gasteiger partial charge on any atom is -0.307 e. The van der Waals surface area contributed by atoms with Crippen molar-refractivity contribution in [3.8, 4) is 0 Å². The van der Waals surface area contributed by atoms with Gasteiger partial charge in [0.25, 0.3) is 0 Å². The normalized spacial score (nSPS) is 23.9. The largest absolute Gasteiger partial charge is 0.307 e. The molecule has 0 saturated carbocycles. The lowest BCUT2D eigenvalue weighted by molar-refractivity contribution is 0.0624. The third-order valence-corrected chi connectivity index (χ3v) is 10.2. The van der Waals surface area contributed by atoms with E-state index in [1.807, 2.05) is 18.0 Å². The molecule has 232 valence electrons. The molecular weight excluding hydrogens is 521 g/mol. The van der Waals surface area contributed by atoms with Crippen LogP contribution in [0.5, 0.6) is 0 Å². The van der Waals surface area contributed by atoms with Crippen LogP contribution in [-0.2, 0) is 10.8 Å². The highest BCUT2D eigenvalue weighted by Crippen LogP contribution is 2.33. The first-order valence-corrected chi connectivity index (χ1v) is 19.0. The summed E-state index contributed by atoms with van der Waals surface area (Å²) in [4.78, 5) is 5.60. The molecule has 2 aliphatic heterocycles. The quantitative estimate of drug-likeness (QED) is 0.195. The van der Waals surface area contributed by atoms with Gasteiger partial charge in [-0.15, -0.1) is 0 Å². The van der Waals surface area contributed by atoms with Gasteiger partial charge in [0.2, 0.25) is 0 Å². The predicted octanol–water partition coefficient (Wildman–Crippen LogP) is 6.29. The second-order valence-electron chi connectivity index (χ2n) is 15.4. The van der Waals surface area contributed by atoms with Crippen molar-refractivity contribution in [3.63, 3.8) is 0 Å². The third kappa shape index (κ3) is 13.9. The standard InChI is InChI=1S/C32H66N4OS2/c1-29(2)23-27(24-30(3,4)33-29)35(19-15-21-38-9)17-13-11-12-14-18-36(20-16-22-39(10)37)28-25-31(5,6)34-32(7,8)26-28/h27-28,33-34H,11-26H2,1-10H3. The van der Waals surface area contributed by atoms with Gasteiger partial charge in [-0.3, -0.25) is 4.21 Å². The maximum Gasteiger partial charge on any atom is 0.0244 e. The van der Waals surface area contributed by atoms with Crippen molar-refractivity contribution in [1.82, 2.24) is 20.4 Å². The Kier molecular flexibility index (Phi) is 14.3. The summed E-state index contributed by atoms with van der Waals surface area (Å²) in [5.74, 6) is 2.09. The van der Waals surface area contributed by atoms with Gasteiger partial charge in [0, 0.05) is 57.0 Å². The maximum atomic E-state index is 11.7. The Morgan fingerprint density at radius 1 is 0.641 bits per heavy atom. The molecule has 0 aromatic rings. The Bertz CT molecular complexity index is 708. The first kappa shape index (κ1) is 35.5. The summed E-state index contributed by atoms with van der Waals surface area (Å²) in [7, 11) is -0.697. The summed E-state index contributed by atoms with van der Waals surface area (Å²) in [5, 5.41) is 7.74. The van der Waals surface area contributed by atoms with Crippen LogP contribution in [0.3, 0.4) is 0 Å². The molecule has 0 aromatic heterocycles. The zero-order valence-corrected chi connectivity index (χ0v) is 29.2. The Hall–Kier alpha value is 0.340. The third-order valence-electron chi connectivity index (χ3n) is 8.68. The molecule has 39 heavy (non-hydrogen) atoms. The fourth-order valence-corrected chi connectivity index (χ4v) is 8.83. The highest BCUT2D eigenvalue weighted by Gasteiger charge is 2.40. The lowest BCUT2D eigenvalue weighted by Crippen LogP contribution is -2.62. The Morgan fingerprint density at radius 3 is 1.36 bits per heavy atom. The Balaban J connectivity index is 1.88. The minimum atomic E-state index is -0.697. The number of nitrogens with zero attached hydrogens (tertiary/aromatic N) is 2. The van der Waals surface area contributed by atoms with E-state index in [0.717, 1.165) is 18.7 Å². The molecule has 0 spiro atoms. The topological polar surface area (TPSA) is 47.6 Å². The van der Waals surface area contributed by atoms with E-state index in [1.54, 1.807) is 0 Å². The fourth-order valence-electron chi connectivity index (χ4n) is 7.87. The van der Waals surface area contributed by atoms with Gasteiger partial charge < -0.3 is 20.4 Å². The second-order valence-corrected chi connectivity index (χ2v) is 17.9. The van der Waals surface area contributed by atoms with Crippen molar-refractivity contribution in [2.45, 2.75) is 154 Å². The van der Waals surface area contributed by atoms with E-state index >= 15 is 0 Å². The van der Waals surface area contributed by atoms with Crippen LogP contribution in [0.25, 0.3) is 0 Å². The summed E-state index contributed by atoms with van der Waals surface area (Å²) in [6.07, 6.45) is 16.5. The zero-order chi connectivity index (χ0) is 29.3. The second kappa shape index (κ2) is 15.7. The van der Waals surface area contributed by atoms with Gasteiger partial charge in [-0.05, 0) is 145 Å². The Labute approximate surface area is 250 Å². The van der Waals surface area contributed by atoms with Gasteiger partial charge in [0.05, 0.1) is 0 Å². The average molecular weight is 587 g/mol. The van der Waals surface area contributed by atoms with Crippen molar-refractivity contribution in [2.24, 2.45) is 0 Å². The van der Waals surface area contributed by atoms with Crippen LogP contribution < -0.4 is 10.6 Å². The monoisotopic (exact) mass is 586 g/mol. The van der Waals surface area contributed by atoms with Crippen LogP contribution in [0.15, 0.2) is 0 Å². The SMILES string of the molecule is CSCCCN(CCCCCCN(CCCS(C)=O)C1CC(C)(C)NC(C)(C)C1)C1CC(C)(C)NC(C)(C)C1. The number of thioether (sulfide) groups is 1. The minimum absolute atomic E-state index is 0.162. The lowest BCUT2D eigenvalue weighted by atomic mass is 9.79. The number of nitrogens with one attached hydrogen (secondary N) is 2. The molecule has 2 rings (SSSR count).